The van der Waals surface area contributed by atoms with Crippen molar-refractivity contribution in [1.29, 1.82) is 0 Å². The standard InChI is InChI=1S/C15H20N2O/c1-15(2)8-14(17-11(10-18)9-16-3)12-6-4-5-7-13(12)15/h4-7,9-10,14,16-17H,8H2,1-3H3/b11-9-. The van der Waals surface area contributed by atoms with Crippen LogP contribution in [0.15, 0.2) is 36.2 Å². The number of hydrogen-bond acceptors (Lipinski definition) is 3. The molecule has 2 N–H and O–H groups in total. The molecule has 18 heavy (non-hydrogen) atoms. The van der Waals surface area contributed by atoms with Crippen molar-refractivity contribution in [2.75, 3.05) is 7.05 Å². The molecule has 0 fully saturated rings. The van der Waals surface area contributed by atoms with Gasteiger partial charge < -0.3 is 10.6 Å². The molecule has 1 atom stereocenters. The molecule has 3 heteroatoms. The SMILES string of the molecule is CN/C=C(/C=O)NC1CC(C)(C)c2ccccc21. The molecule has 1 unspecified atom stereocenters. The third-order valence-corrected chi connectivity index (χ3v) is 3.55. The van der Waals surface area contributed by atoms with Gasteiger partial charge in [0.05, 0.1) is 11.7 Å². The van der Waals surface area contributed by atoms with Crippen molar-refractivity contribution in [2.24, 2.45) is 0 Å². The zero-order valence-electron chi connectivity index (χ0n) is 11.2. The van der Waals surface area contributed by atoms with Gasteiger partial charge in [0.25, 0.3) is 0 Å². The predicted molar refractivity (Wildman–Crippen MR) is 73.2 cm³/mol. The maximum absolute atomic E-state index is 11.0. The lowest BCUT2D eigenvalue weighted by Gasteiger charge is -2.19. The average molecular weight is 244 g/mol. The van der Waals surface area contributed by atoms with Crippen LogP contribution in [0.3, 0.4) is 0 Å². The lowest BCUT2D eigenvalue weighted by atomic mass is 9.86. The van der Waals surface area contributed by atoms with Crippen LogP contribution in [0, 0.1) is 0 Å². The summed E-state index contributed by atoms with van der Waals surface area (Å²) in [6, 6.07) is 8.66. The number of rotatable bonds is 4. The summed E-state index contributed by atoms with van der Waals surface area (Å²) < 4.78 is 0. The fourth-order valence-corrected chi connectivity index (χ4v) is 2.74. The van der Waals surface area contributed by atoms with Gasteiger partial charge in [-0.2, -0.15) is 0 Å². The number of nitrogens with one attached hydrogen (secondary N) is 2. The second kappa shape index (κ2) is 4.84. The van der Waals surface area contributed by atoms with Crippen LogP contribution in [-0.4, -0.2) is 13.3 Å². The number of benzene rings is 1. The number of carbonyl (C=O) groups excluding carboxylic acids is 1. The minimum Gasteiger partial charge on any atom is -0.392 e. The van der Waals surface area contributed by atoms with Crippen molar-refractivity contribution in [2.45, 2.75) is 31.7 Å². The van der Waals surface area contributed by atoms with Crippen molar-refractivity contribution >= 4 is 6.29 Å². The molecule has 0 heterocycles. The lowest BCUT2D eigenvalue weighted by Crippen LogP contribution is -2.23. The maximum atomic E-state index is 11.0. The van der Waals surface area contributed by atoms with Crippen molar-refractivity contribution in [1.82, 2.24) is 10.6 Å². The van der Waals surface area contributed by atoms with E-state index in [0.29, 0.717) is 5.70 Å². The van der Waals surface area contributed by atoms with Crippen LogP contribution in [0.5, 0.6) is 0 Å². The van der Waals surface area contributed by atoms with Gasteiger partial charge >= 0.3 is 0 Å². The molecule has 0 saturated carbocycles. The molecule has 0 radical (unpaired) electrons. The largest absolute Gasteiger partial charge is 0.392 e. The number of carbonyl (C=O) groups is 1. The van der Waals surface area contributed by atoms with Crippen LogP contribution in [0.25, 0.3) is 0 Å². The molecule has 0 amide bonds. The molecule has 0 saturated heterocycles. The van der Waals surface area contributed by atoms with E-state index in [-0.39, 0.29) is 11.5 Å². The fraction of sp³-hybridized carbons (Fsp3) is 0.400. The average Bonchev–Trinajstić information content (AvgIpc) is 2.61. The molecule has 1 aromatic rings. The lowest BCUT2D eigenvalue weighted by molar-refractivity contribution is -0.105. The summed E-state index contributed by atoms with van der Waals surface area (Å²) in [5.74, 6) is 0. The minimum atomic E-state index is 0.155. The van der Waals surface area contributed by atoms with Crippen LogP contribution < -0.4 is 10.6 Å². The van der Waals surface area contributed by atoms with E-state index in [9.17, 15) is 4.79 Å². The van der Waals surface area contributed by atoms with Crippen LogP contribution in [-0.2, 0) is 10.2 Å². The van der Waals surface area contributed by atoms with E-state index >= 15 is 0 Å². The number of aldehydes is 1. The third-order valence-electron chi connectivity index (χ3n) is 3.55. The van der Waals surface area contributed by atoms with Crippen molar-refractivity contribution in [3.8, 4) is 0 Å². The minimum absolute atomic E-state index is 0.155. The van der Waals surface area contributed by atoms with Crippen LogP contribution in [0.1, 0.15) is 37.4 Å². The Balaban J connectivity index is 2.28. The zero-order valence-corrected chi connectivity index (χ0v) is 11.2. The van der Waals surface area contributed by atoms with Crippen molar-refractivity contribution < 1.29 is 4.79 Å². The van der Waals surface area contributed by atoms with Crippen LogP contribution >= 0.6 is 0 Å². The Morgan fingerprint density at radius 3 is 2.78 bits per heavy atom. The predicted octanol–water partition coefficient (Wildman–Crippen LogP) is 2.26. The molecule has 0 aromatic heterocycles. The highest BCUT2D eigenvalue weighted by atomic mass is 16.1. The van der Waals surface area contributed by atoms with E-state index in [1.807, 2.05) is 0 Å². The normalized spacial score (nSPS) is 21.3. The van der Waals surface area contributed by atoms with Gasteiger partial charge in [-0.25, -0.2) is 0 Å². The van der Waals surface area contributed by atoms with E-state index in [0.717, 1.165) is 12.7 Å². The second-order valence-electron chi connectivity index (χ2n) is 5.38. The Bertz CT molecular complexity index is 477. The topological polar surface area (TPSA) is 41.1 Å². The molecule has 3 nitrogen and oxygen atoms in total. The van der Waals surface area contributed by atoms with E-state index in [1.54, 1.807) is 13.2 Å². The summed E-state index contributed by atoms with van der Waals surface area (Å²) in [7, 11) is 1.79. The molecule has 2 rings (SSSR count). The highest BCUT2D eigenvalue weighted by Gasteiger charge is 2.36. The Hall–Kier alpha value is -1.77. The molecule has 1 aliphatic carbocycles. The van der Waals surface area contributed by atoms with Crippen molar-refractivity contribution in [3.63, 3.8) is 0 Å². The first kappa shape index (κ1) is 12.7. The molecular weight excluding hydrogens is 224 g/mol. The van der Waals surface area contributed by atoms with Gasteiger partial charge in [-0.1, -0.05) is 38.1 Å². The van der Waals surface area contributed by atoms with Gasteiger partial charge in [0.15, 0.2) is 6.29 Å². The summed E-state index contributed by atoms with van der Waals surface area (Å²) in [5, 5.41) is 6.19. The first-order chi connectivity index (χ1) is 8.58. The molecule has 1 aliphatic rings. The summed E-state index contributed by atoms with van der Waals surface area (Å²) in [6.45, 7) is 4.49. The monoisotopic (exact) mass is 244 g/mol. The molecule has 0 spiro atoms. The number of fused-ring (bicyclic) bond motifs is 1. The molecule has 1 aromatic carbocycles. The van der Waals surface area contributed by atoms with E-state index in [1.165, 1.54) is 11.1 Å². The van der Waals surface area contributed by atoms with Crippen LogP contribution in [0.4, 0.5) is 0 Å². The highest BCUT2D eigenvalue weighted by molar-refractivity contribution is 5.72. The first-order valence-electron chi connectivity index (χ1n) is 6.27. The Morgan fingerprint density at radius 1 is 1.39 bits per heavy atom. The maximum Gasteiger partial charge on any atom is 0.167 e. The molecule has 0 aliphatic heterocycles. The molecular formula is C15H20N2O. The second-order valence-corrected chi connectivity index (χ2v) is 5.38. The molecule has 96 valence electrons. The zero-order chi connectivity index (χ0) is 13.2. The van der Waals surface area contributed by atoms with E-state index < -0.39 is 0 Å². The van der Waals surface area contributed by atoms with Gasteiger partial charge in [-0.15, -0.1) is 0 Å². The van der Waals surface area contributed by atoms with Gasteiger partial charge in [0, 0.05) is 13.2 Å². The summed E-state index contributed by atoms with van der Waals surface area (Å²) in [6.07, 6.45) is 3.55. The summed E-state index contributed by atoms with van der Waals surface area (Å²) >= 11 is 0. The third kappa shape index (κ3) is 2.26. The summed E-state index contributed by atoms with van der Waals surface area (Å²) in [5.41, 5.74) is 3.42. The number of hydrogen-bond donors (Lipinski definition) is 2. The van der Waals surface area contributed by atoms with Gasteiger partial charge in [0.2, 0.25) is 0 Å². The van der Waals surface area contributed by atoms with Gasteiger partial charge in [0.1, 0.15) is 0 Å². The smallest absolute Gasteiger partial charge is 0.167 e. The van der Waals surface area contributed by atoms with Gasteiger partial charge in [-0.05, 0) is 23.0 Å². The number of allylic oxidation sites excluding steroid dienone is 1. The Morgan fingerprint density at radius 2 is 2.11 bits per heavy atom. The molecule has 0 bridgehead atoms. The van der Waals surface area contributed by atoms with Gasteiger partial charge in [-0.3, -0.25) is 4.79 Å². The van der Waals surface area contributed by atoms with E-state index in [2.05, 4.69) is 48.7 Å². The van der Waals surface area contributed by atoms with E-state index in [4.69, 9.17) is 0 Å². The highest BCUT2D eigenvalue weighted by Crippen LogP contribution is 2.44. The Kier molecular flexibility index (Phi) is 3.41. The Labute approximate surface area is 108 Å². The fourth-order valence-electron chi connectivity index (χ4n) is 2.74. The van der Waals surface area contributed by atoms with Crippen LogP contribution in [0.2, 0.25) is 0 Å². The summed E-state index contributed by atoms with van der Waals surface area (Å²) in [4.78, 5) is 11.0. The van der Waals surface area contributed by atoms with Crippen molar-refractivity contribution in [3.05, 3.63) is 47.3 Å². The quantitative estimate of drug-likeness (QED) is 0.630. The first-order valence-corrected chi connectivity index (χ1v) is 6.27.